The van der Waals surface area contributed by atoms with Gasteiger partial charge in [0.2, 0.25) is 0 Å². The van der Waals surface area contributed by atoms with E-state index in [9.17, 15) is 5.11 Å². The summed E-state index contributed by atoms with van der Waals surface area (Å²) in [6.07, 6.45) is 13.2. The third-order valence-corrected chi connectivity index (χ3v) is 7.19. The van der Waals surface area contributed by atoms with Crippen molar-refractivity contribution >= 4 is 8.07 Å². The molecule has 0 aromatic heterocycles. The number of hydrogen-bond donors (Lipinski definition) is 1. The summed E-state index contributed by atoms with van der Waals surface area (Å²) in [5.74, 6) is 0. The van der Waals surface area contributed by atoms with Crippen LogP contribution in [0, 0.1) is 0 Å². The Kier molecular flexibility index (Phi) is 6.13. The van der Waals surface area contributed by atoms with Gasteiger partial charge in [0.15, 0.2) is 0 Å². The van der Waals surface area contributed by atoms with Gasteiger partial charge >= 0.3 is 0 Å². The van der Waals surface area contributed by atoms with Gasteiger partial charge in [0, 0.05) is 0 Å². The molecule has 1 aliphatic carbocycles. The molecular formula is C16H32OSi. The molecule has 0 aliphatic heterocycles. The third kappa shape index (κ3) is 5.27. The molecule has 1 saturated carbocycles. The largest absolute Gasteiger partial charge is 0.390 e. The van der Waals surface area contributed by atoms with Gasteiger partial charge < -0.3 is 5.11 Å². The number of unbranched alkanes of at least 4 members (excludes halogenated alkanes) is 6. The van der Waals surface area contributed by atoms with Crippen LogP contribution in [0.25, 0.3) is 0 Å². The molecule has 1 nitrogen and oxygen atoms in total. The van der Waals surface area contributed by atoms with Crippen molar-refractivity contribution in [1.82, 2.24) is 0 Å². The first-order chi connectivity index (χ1) is 8.40. The lowest BCUT2D eigenvalue weighted by Gasteiger charge is -2.19. The van der Waals surface area contributed by atoms with E-state index in [4.69, 9.17) is 0 Å². The molecule has 1 aliphatic rings. The summed E-state index contributed by atoms with van der Waals surface area (Å²) >= 11 is 0. The van der Waals surface area contributed by atoms with Gasteiger partial charge in [-0.25, -0.2) is 0 Å². The zero-order chi connectivity index (χ0) is 13.6. The lowest BCUT2D eigenvalue weighted by atomic mass is 10.1. The van der Waals surface area contributed by atoms with Gasteiger partial charge in [-0.3, -0.25) is 0 Å². The van der Waals surface area contributed by atoms with Crippen molar-refractivity contribution in [3.05, 3.63) is 12.7 Å². The van der Waals surface area contributed by atoms with Crippen LogP contribution in [0.15, 0.2) is 12.7 Å². The van der Waals surface area contributed by atoms with E-state index in [0.29, 0.717) is 5.54 Å². The van der Waals surface area contributed by atoms with Crippen LogP contribution in [0.4, 0.5) is 0 Å². The van der Waals surface area contributed by atoms with Crippen LogP contribution in [-0.2, 0) is 0 Å². The average Bonchev–Trinajstić information content (AvgIpc) is 2.95. The molecule has 0 amide bonds. The monoisotopic (exact) mass is 268 g/mol. The fraction of sp³-hybridized carbons (Fsp3) is 0.875. The Hall–Kier alpha value is -0.0831. The highest BCUT2D eigenvalue weighted by atomic mass is 28.3. The van der Waals surface area contributed by atoms with Crippen molar-refractivity contribution in [3.63, 3.8) is 0 Å². The maximum Gasteiger partial charge on any atom is 0.0654 e. The second-order valence-electron chi connectivity index (χ2n) is 7.17. The van der Waals surface area contributed by atoms with E-state index in [1.165, 1.54) is 38.5 Å². The third-order valence-electron chi connectivity index (χ3n) is 4.36. The quantitative estimate of drug-likeness (QED) is 0.330. The van der Waals surface area contributed by atoms with E-state index in [-0.39, 0.29) is 5.60 Å². The fourth-order valence-electron chi connectivity index (χ4n) is 3.11. The zero-order valence-corrected chi connectivity index (χ0v) is 13.7. The Labute approximate surface area is 115 Å². The molecule has 0 aromatic rings. The first kappa shape index (κ1) is 16.0. The van der Waals surface area contributed by atoms with E-state index >= 15 is 0 Å². The standard InChI is InChI=1S/C16H32OSi/c1-5-6-7-8-9-10-11-12-13-16(17)14-15(16)18(2,3)4/h5,15,17H,1,6-14H2,2-4H3/t15-,16-/m0/s1. The predicted octanol–water partition coefficient (Wildman–Crippen LogP) is 5.14. The SMILES string of the molecule is C=CCCCCCCCC[C@]1(O)C[C@@H]1[Si](C)(C)C. The highest BCUT2D eigenvalue weighted by Gasteiger charge is 2.57. The zero-order valence-electron chi connectivity index (χ0n) is 12.7. The molecule has 0 bridgehead atoms. The smallest absolute Gasteiger partial charge is 0.0654 e. The van der Waals surface area contributed by atoms with Gasteiger partial charge in [0.05, 0.1) is 13.7 Å². The van der Waals surface area contributed by atoms with Crippen LogP contribution < -0.4 is 0 Å². The molecule has 1 N–H and O–H groups in total. The first-order valence-corrected chi connectivity index (χ1v) is 11.3. The Morgan fingerprint density at radius 1 is 1.11 bits per heavy atom. The minimum Gasteiger partial charge on any atom is -0.390 e. The van der Waals surface area contributed by atoms with Crippen molar-refractivity contribution in [3.8, 4) is 0 Å². The molecule has 0 spiro atoms. The van der Waals surface area contributed by atoms with Gasteiger partial charge in [-0.1, -0.05) is 57.8 Å². The molecule has 0 heterocycles. The fourth-order valence-corrected chi connectivity index (χ4v) is 5.83. The van der Waals surface area contributed by atoms with Gasteiger partial charge in [0.25, 0.3) is 0 Å². The van der Waals surface area contributed by atoms with Crippen LogP contribution in [0.2, 0.25) is 25.2 Å². The summed E-state index contributed by atoms with van der Waals surface area (Å²) in [5.41, 5.74) is 0.408. The number of aliphatic hydroxyl groups is 1. The van der Waals surface area contributed by atoms with Crippen LogP contribution in [0.5, 0.6) is 0 Å². The Bertz CT molecular complexity index is 256. The molecule has 2 atom stereocenters. The predicted molar refractivity (Wildman–Crippen MR) is 83.8 cm³/mol. The average molecular weight is 269 g/mol. The molecule has 106 valence electrons. The Morgan fingerprint density at radius 2 is 1.67 bits per heavy atom. The minimum absolute atomic E-state index is 0.257. The lowest BCUT2D eigenvalue weighted by molar-refractivity contribution is 0.135. The molecule has 1 fully saturated rings. The van der Waals surface area contributed by atoms with Crippen molar-refractivity contribution < 1.29 is 5.11 Å². The summed E-state index contributed by atoms with van der Waals surface area (Å²) in [4.78, 5) is 0. The van der Waals surface area contributed by atoms with E-state index in [1.807, 2.05) is 6.08 Å². The summed E-state index contributed by atoms with van der Waals surface area (Å²) in [6.45, 7) is 10.9. The Balaban J connectivity index is 1.98. The summed E-state index contributed by atoms with van der Waals surface area (Å²) < 4.78 is 0. The molecule has 0 radical (unpaired) electrons. The van der Waals surface area contributed by atoms with Crippen molar-refractivity contribution in [1.29, 1.82) is 0 Å². The maximum absolute atomic E-state index is 10.4. The molecule has 2 heteroatoms. The lowest BCUT2D eigenvalue weighted by Crippen LogP contribution is -2.26. The van der Waals surface area contributed by atoms with E-state index in [2.05, 4.69) is 26.2 Å². The number of allylic oxidation sites excluding steroid dienone is 1. The van der Waals surface area contributed by atoms with Crippen LogP contribution in [-0.4, -0.2) is 18.8 Å². The molecular weight excluding hydrogens is 236 g/mol. The van der Waals surface area contributed by atoms with E-state index in [1.54, 1.807) is 0 Å². The molecule has 1 rings (SSSR count). The van der Waals surface area contributed by atoms with Crippen molar-refractivity contribution in [2.45, 2.75) is 88.6 Å². The van der Waals surface area contributed by atoms with Crippen LogP contribution in [0.1, 0.15) is 57.8 Å². The molecule has 18 heavy (non-hydrogen) atoms. The Morgan fingerprint density at radius 3 is 2.17 bits per heavy atom. The summed E-state index contributed by atoms with van der Waals surface area (Å²) in [5, 5.41) is 10.4. The number of hydrogen-bond acceptors (Lipinski definition) is 1. The highest BCUT2D eigenvalue weighted by Crippen LogP contribution is 2.57. The van der Waals surface area contributed by atoms with Crippen LogP contribution in [0.3, 0.4) is 0 Å². The molecule has 0 aromatic carbocycles. The van der Waals surface area contributed by atoms with Gasteiger partial charge in [0.1, 0.15) is 0 Å². The minimum atomic E-state index is -1.11. The topological polar surface area (TPSA) is 20.2 Å². The van der Waals surface area contributed by atoms with Gasteiger partial charge in [-0.2, -0.15) is 0 Å². The normalized spacial score (nSPS) is 27.2. The summed E-state index contributed by atoms with van der Waals surface area (Å²) in [7, 11) is -1.11. The van der Waals surface area contributed by atoms with E-state index in [0.717, 1.165) is 19.3 Å². The first-order valence-electron chi connectivity index (χ1n) is 7.73. The van der Waals surface area contributed by atoms with Gasteiger partial charge in [-0.05, 0) is 31.2 Å². The van der Waals surface area contributed by atoms with Crippen molar-refractivity contribution in [2.75, 3.05) is 0 Å². The molecule has 0 saturated heterocycles. The van der Waals surface area contributed by atoms with Crippen LogP contribution >= 0.6 is 0 Å². The van der Waals surface area contributed by atoms with Crippen molar-refractivity contribution in [2.24, 2.45) is 0 Å². The number of rotatable bonds is 10. The second-order valence-corrected chi connectivity index (χ2v) is 12.6. The van der Waals surface area contributed by atoms with Gasteiger partial charge in [-0.15, -0.1) is 6.58 Å². The highest BCUT2D eigenvalue weighted by molar-refractivity contribution is 6.78. The molecule has 0 unspecified atom stereocenters. The van der Waals surface area contributed by atoms with E-state index < -0.39 is 8.07 Å². The second kappa shape index (κ2) is 6.90. The maximum atomic E-state index is 10.4. The summed E-state index contributed by atoms with van der Waals surface area (Å²) in [6, 6.07) is 0.